The molecule has 0 spiro atoms. The first-order valence-electron chi connectivity index (χ1n) is 4.94. The number of nitrogens with two attached hydrogens (primary N) is 1. The van der Waals surface area contributed by atoms with Gasteiger partial charge < -0.3 is 20.3 Å². The number of aromatic nitrogens is 1. The Labute approximate surface area is 103 Å². The molecule has 1 amide bonds. The molecule has 0 saturated heterocycles. The zero-order valence-corrected chi connectivity index (χ0v) is 10.8. The molecule has 0 bridgehead atoms. The number of hydrogen-bond donors (Lipinski definition) is 2. The zero-order chi connectivity index (χ0) is 13.1. The summed E-state index contributed by atoms with van der Waals surface area (Å²) in [6.45, 7) is 1.61. The maximum absolute atomic E-state index is 10.9. The highest BCUT2D eigenvalue weighted by molar-refractivity contribution is 7.13. The molecule has 1 atom stereocenters. The summed E-state index contributed by atoms with van der Waals surface area (Å²) in [5, 5.41) is 10.4. The largest absolute Gasteiger partial charge is 0.384 e. The second-order valence-electron chi connectivity index (χ2n) is 3.77. The summed E-state index contributed by atoms with van der Waals surface area (Å²) in [7, 11) is 2.98. The smallest absolute Gasteiger partial charge is 0.277 e. The molecule has 0 fully saturated rings. The summed E-state index contributed by atoms with van der Waals surface area (Å²) < 4.78 is 10.0. The molecule has 0 radical (unpaired) electrons. The lowest BCUT2D eigenvalue weighted by molar-refractivity contribution is -0.141. The molecule has 1 rings (SSSR count). The first-order chi connectivity index (χ1) is 7.90. The SMILES string of the molecule is COC(CC(C)(O)c1cnc(C(N)=O)s1)OC. The van der Waals surface area contributed by atoms with Gasteiger partial charge in [-0.05, 0) is 6.92 Å². The number of nitrogens with zero attached hydrogens (tertiary/aromatic N) is 1. The van der Waals surface area contributed by atoms with Crippen molar-refractivity contribution in [1.82, 2.24) is 4.98 Å². The molecule has 1 aromatic rings. The Balaban J connectivity index is 2.84. The minimum atomic E-state index is -1.18. The van der Waals surface area contributed by atoms with Gasteiger partial charge in [-0.3, -0.25) is 4.79 Å². The fourth-order valence-electron chi connectivity index (χ4n) is 1.33. The number of ether oxygens (including phenoxy) is 2. The number of methoxy groups -OCH3 is 2. The molecule has 6 nitrogen and oxygen atoms in total. The Hall–Kier alpha value is -1.02. The molecular weight excluding hydrogens is 244 g/mol. The van der Waals surface area contributed by atoms with Gasteiger partial charge in [0, 0.05) is 26.8 Å². The van der Waals surface area contributed by atoms with Crippen molar-refractivity contribution < 1.29 is 19.4 Å². The predicted octanol–water partition coefficient (Wildman–Crippen LogP) is 0.459. The lowest BCUT2D eigenvalue weighted by Crippen LogP contribution is -2.28. The summed E-state index contributed by atoms with van der Waals surface area (Å²) in [6.07, 6.45) is 1.15. The second kappa shape index (κ2) is 5.54. The van der Waals surface area contributed by atoms with Crippen molar-refractivity contribution in [3.8, 4) is 0 Å². The number of amides is 1. The fraction of sp³-hybridized carbons (Fsp3) is 0.600. The van der Waals surface area contributed by atoms with Gasteiger partial charge in [0.1, 0.15) is 5.60 Å². The van der Waals surface area contributed by atoms with Crippen LogP contribution >= 0.6 is 11.3 Å². The van der Waals surface area contributed by atoms with Crippen molar-refractivity contribution in [3.05, 3.63) is 16.1 Å². The van der Waals surface area contributed by atoms with E-state index in [1.807, 2.05) is 0 Å². The number of thiazole rings is 1. The monoisotopic (exact) mass is 260 g/mol. The van der Waals surface area contributed by atoms with Crippen molar-refractivity contribution in [2.45, 2.75) is 25.2 Å². The minimum absolute atomic E-state index is 0.173. The van der Waals surface area contributed by atoms with Crippen LogP contribution in [0, 0.1) is 0 Å². The molecule has 7 heteroatoms. The van der Waals surface area contributed by atoms with Gasteiger partial charge in [-0.2, -0.15) is 0 Å². The van der Waals surface area contributed by atoms with Gasteiger partial charge in [0.15, 0.2) is 11.3 Å². The number of carbonyl (C=O) groups excluding carboxylic acids is 1. The third kappa shape index (κ3) is 3.47. The summed E-state index contributed by atoms with van der Waals surface area (Å²) >= 11 is 1.06. The third-order valence-electron chi connectivity index (χ3n) is 2.34. The quantitative estimate of drug-likeness (QED) is 0.724. The van der Waals surface area contributed by atoms with E-state index in [0.29, 0.717) is 4.88 Å². The number of rotatable bonds is 6. The molecule has 17 heavy (non-hydrogen) atoms. The molecule has 0 aliphatic heterocycles. The van der Waals surface area contributed by atoms with Crippen LogP contribution in [0.3, 0.4) is 0 Å². The maximum atomic E-state index is 10.9. The van der Waals surface area contributed by atoms with E-state index >= 15 is 0 Å². The van der Waals surface area contributed by atoms with E-state index < -0.39 is 17.8 Å². The van der Waals surface area contributed by atoms with Crippen LogP contribution in [0.2, 0.25) is 0 Å². The minimum Gasteiger partial charge on any atom is -0.384 e. The van der Waals surface area contributed by atoms with E-state index in [4.69, 9.17) is 15.2 Å². The first-order valence-corrected chi connectivity index (χ1v) is 5.76. The standard InChI is InChI=1S/C10H16N2O4S/c1-10(14,4-7(15-2)16-3)6-5-12-9(17-6)8(11)13/h5,7,14H,4H2,1-3H3,(H2,11,13). The van der Waals surface area contributed by atoms with Crippen LogP contribution in [0.1, 0.15) is 28.0 Å². The van der Waals surface area contributed by atoms with Crippen molar-refractivity contribution in [2.75, 3.05) is 14.2 Å². The molecular formula is C10H16N2O4S. The van der Waals surface area contributed by atoms with Gasteiger partial charge >= 0.3 is 0 Å². The molecule has 1 unspecified atom stereocenters. The van der Waals surface area contributed by atoms with Gasteiger partial charge in [0.05, 0.1) is 4.88 Å². The van der Waals surface area contributed by atoms with E-state index in [2.05, 4.69) is 4.98 Å². The number of primary amides is 1. The lowest BCUT2D eigenvalue weighted by Gasteiger charge is -2.25. The van der Waals surface area contributed by atoms with Crippen LogP contribution < -0.4 is 5.73 Å². The Morgan fingerprint density at radius 2 is 2.24 bits per heavy atom. The highest BCUT2D eigenvalue weighted by Crippen LogP contribution is 2.31. The van der Waals surface area contributed by atoms with Gasteiger partial charge in [-0.25, -0.2) is 4.98 Å². The van der Waals surface area contributed by atoms with Gasteiger partial charge in [0.2, 0.25) is 0 Å². The predicted molar refractivity (Wildman–Crippen MR) is 62.6 cm³/mol. The molecule has 1 aromatic heterocycles. The third-order valence-corrected chi connectivity index (χ3v) is 3.60. The van der Waals surface area contributed by atoms with E-state index in [-0.39, 0.29) is 11.4 Å². The van der Waals surface area contributed by atoms with E-state index in [9.17, 15) is 9.90 Å². The Morgan fingerprint density at radius 3 is 2.65 bits per heavy atom. The molecule has 0 aliphatic rings. The van der Waals surface area contributed by atoms with Crippen LogP contribution in [-0.2, 0) is 15.1 Å². The number of carbonyl (C=O) groups is 1. The molecule has 1 heterocycles. The van der Waals surface area contributed by atoms with Crippen LogP contribution in [0.15, 0.2) is 6.20 Å². The highest BCUT2D eigenvalue weighted by Gasteiger charge is 2.30. The van der Waals surface area contributed by atoms with Gasteiger partial charge in [-0.1, -0.05) is 0 Å². The van der Waals surface area contributed by atoms with Crippen molar-refractivity contribution in [3.63, 3.8) is 0 Å². The Kier molecular flexibility index (Phi) is 4.58. The van der Waals surface area contributed by atoms with Crippen LogP contribution in [0.5, 0.6) is 0 Å². The Morgan fingerprint density at radius 1 is 1.65 bits per heavy atom. The van der Waals surface area contributed by atoms with Gasteiger partial charge in [0.25, 0.3) is 5.91 Å². The normalized spacial score (nSPS) is 14.9. The second-order valence-corrected chi connectivity index (χ2v) is 4.80. The van der Waals surface area contributed by atoms with Crippen molar-refractivity contribution in [2.24, 2.45) is 5.73 Å². The van der Waals surface area contributed by atoms with Crippen LogP contribution in [0.4, 0.5) is 0 Å². The molecule has 0 saturated carbocycles. The maximum Gasteiger partial charge on any atom is 0.277 e. The average Bonchev–Trinajstić information content (AvgIpc) is 2.75. The van der Waals surface area contributed by atoms with Crippen molar-refractivity contribution >= 4 is 17.2 Å². The number of hydrogen-bond acceptors (Lipinski definition) is 6. The highest BCUT2D eigenvalue weighted by atomic mass is 32.1. The van der Waals surface area contributed by atoms with Crippen LogP contribution in [0.25, 0.3) is 0 Å². The summed E-state index contributed by atoms with van der Waals surface area (Å²) in [5.41, 5.74) is 3.92. The topological polar surface area (TPSA) is 94.7 Å². The summed E-state index contributed by atoms with van der Waals surface area (Å²) in [4.78, 5) is 15.3. The molecule has 0 aliphatic carbocycles. The van der Waals surface area contributed by atoms with E-state index in [1.54, 1.807) is 6.92 Å². The summed E-state index contributed by atoms with van der Waals surface area (Å²) in [5.74, 6) is -0.605. The number of aliphatic hydroxyl groups is 1. The lowest BCUT2D eigenvalue weighted by atomic mass is 10.0. The van der Waals surface area contributed by atoms with E-state index in [0.717, 1.165) is 11.3 Å². The molecule has 3 N–H and O–H groups in total. The van der Waals surface area contributed by atoms with Crippen molar-refractivity contribution in [1.29, 1.82) is 0 Å². The van der Waals surface area contributed by atoms with Gasteiger partial charge in [-0.15, -0.1) is 11.3 Å². The summed E-state index contributed by atoms with van der Waals surface area (Å²) in [6, 6.07) is 0. The fourth-order valence-corrected chi connectivity index (χ4v) is 2.15. The zero-order valence-electron chi connectivity index (χ0n) is 9.97. The first kappa shape index (κ1) is 14.0. The molecule has 96 valence electrons. The van der Waals surface area contributed by atoms with E-state index in [1.165, 1.54) is 20.4 Å². The Bertz CT molecular complexity index is 387. The van der Waals surface area contributed by atoms with Crippen LogP contribution in [-0.4, -0.2) is 36.5 Å². The average molecular weight is 260 g/mol. The molecule has 0 aromatic carbocycles.